The normalized spacial score (nSPS) is 11.0. The lowest BCUT2D eigenvalue weighted by Gasteiger charge is -2.06. The Kier molecular flexibility index (Phi) is 3.10. The fourth-order valence-electron chi connectivity index (χ4n) is 2.13. The molecule has 3 aromatic heterocycles. The van der Waals surface area contributed by atoms with Gasteiger partial charge in [0.25, 0.3) is 0 Å². The van der Waals surface area contributed by atoms with Crippen LogP contribution in [0.25, 0.3) is 21.7 Å². The Hall–Kier alpha value is -2.08. The number of fused-ring (bicyclic) bond motifs is 1. The van der Waals surface area contributed by atoms with Crippen molar-refractivity contribution in [3.63, 3.8) is 0 Å². The summed E-state index contributed by atoms with van der Waals surface area (Å²) in [6.07, 6.45) is 1.73. The number of thiophene rings is 1. The molecule has 102 valence electrons. The summed E-state index contributed by atoms with van der Waals surface area (Å²) in [7, 11) is 1.88. The van der Waals surface area contributed by atoms with Crippen molar-refractivity contribution in [3.8, 4) is 11.5 Å². The molecule has 0 aromatic carbocycles. The molecular formula is C14H15N5S. The number of nitrogens with one attached hydrogen (secondary N) is 1. The summed E-state index contributed by atoms with van der Waals surface area (Å²) in [6, 6.07) is 1.83. The van der Waals surface area contributed by atoms with Crippen LogP contribution in [0.3, 0.4) is 0 Å². The SMILES string of the molecule is CNc1nc(-c2ccnc(C)n2)nc2sc(C)c(C)c12. The van der Waals surface area contributed by atoms with Gasteiger partial charge in [-0.05, 0) is 32.4 Å². The van der Waals surface area contributed by atoms with Gasteiger partial charge in [-0.2, -0.15) is 0 Å². The van der Waals surface area contributed by atoms with E-state index in [9.17, 15) is 0 Å². The molecule has 0 unspecified atom stereocenters. The first kappa shape index (κ1) is 12.9. The second-order valence-electron chi connectivity index (χ2n) is 4.60. The van der Waals surface area contributed by atoms with Crippen LogP contribution in [-0.2, 0) is 0 Å². The molecule has 0 radical (unpaired) electrons. The molecule has 0 aliphatic rings. The number of nitrogens with zero attached hydrogens (tertiary/aromatic N) is 4. The molecule has 0 saturated carbocycles. The van der Waals surface area contributed by atoms with Crippen molar-refractivity contribution in [2.45, 2.75) is 20.8 Å². The molecule has 0 amide bonds. The molecule has 0 aliphatic carbocycles. The maximum atomic E-state index is 4.65. The molecule has 20 heavy (non-hydrogen) atoms. The molecule has 0 aliphatic heterocycles. The summed E-state index contributed by atoms with van der Waals surface area (Å²) < 4.78 is 0. The quantitative estimate of drug-likeness (QED) is 0.783. The summed E-state index contributed by atoms with van der Waals surface area (Å²) in [5.41, 5.74) is 1.99. The molecule has 3 rings (SSSR count). The smallest absolute Gasteiger partial charge is 0.181 e. The van der Waals surface area contributed by atoms with E-state index in [1.807, 2.05) is 20.0 Å². The van der Waals surface area contributed by atoms with E-state index < -0.39 is 0 Å². The number of aromatic nitrogens is 4. The Labute approximate surface area is 121 Å². The first-order valence-electron chi connectivity index (χ1n) is 6.35. The van der Waals surface area contributed by atoms with E-state index in [-0.39, 0.29) is 0 Å². The Morgan fingerprint density at radius 3 is 2.60 bits per heavy atom. The average Bonchev–Trinajstić information content (AvgIpc) is 2.73. The van der Waals surface area contributed by atoms with Gasteiger partial charge in [-0.1, -0.05) is 0 Å². The van der Waals surface area contributed by atoms with Crippen LogP contribution >= 0.6 is 11.3 Å². The van der Waals surface area contributed by atoms with E-state index in [2.05, 4.69) is 39.1 Å². The van der Waals surface area contributed by atoms with Crippen molar-refractivity contribution >= 4 is 27.4 Å². The maximum absolute atomic E-state index is 4.65. The second kappa shape index (κ2) is 4.79. The minimum atomic E-state index is 0.633. The topological polar surface area (TPSA) is 63.6 Å². The summed E-state index contributed by atoms with van der Waals surface area (Å²) in [5.74, 6) is 2.20. The zero-order valence-electron chi connectivity index (χ0n) is 11.9. The van der Waals surface area contributed by atoms with Gasteiger partial charge in [0, 0.05) is 18.1 Å². The lowest BCUT2D eigenvalue weighted by molar-refractivity contribution is 1.04. The molecule has 1 N–H and O–H groups in total. The molecule has 6 heteroatoms. The molecule has 5 nitrogen and oxygen atoms in total. The molecule has 0 fully saturated rings. The number of hydrogen-bond acceptors (Lipinski definition) is 6. The van der Waals surface area contributed by atoms with Gasteiger partial charge in [0.2, 0.25) is 0 Å². The predicted molar refractivity (Wildman–Crippen MR) is 82.2 cm³/mol. The summed E-state index contributed by atoms with van der Waals surface area (Å²) >= 11 is 1.69. The molecule has 0 spiro atoms. The lowest BCUT2D eigenvalue weighted by atomic mass is 10.2. The minimum absolute atomic E-state index is 0.633. The molecule has 3 heterocycles. The van der Waals surface area contributed by atoms with Crippen LogP contribution in [0, 0.1) is 20.8 Å². The highest BCUT2D eigenvalue weighted by atomic mass is 32.1. The van der Waals surface area contributed by atoms with Crippen LogP contribution in [0.2, 0.25) is 0 Å². The van der Waals surface area contributed by atoms with Crippen LogP contribution in [0.5, 0.6) is 0 Å². The van der Waals surface area contributed by atoms with Crippen LogP contribution in [0.1, 0.15) is 16.3 Å². The van der Waals surface area contributed by atoms with E-state index in [1.54, 1.807) is 17.5 Å². The maximum Gasteiger partial charge on any atom is 0.181 e. The van der Waals surface area contributed by atoms with Crippen LogP contribution in [0.4, 0.5) is 5.82 Å². The monoisotopic (exact) mass is 285 g/mol. The fourth-order valence-corrected chi connectivity index (χ4v) is 3.15. The summed E-state index contributed by atoms with van der Waals surface area (Å²) in [4.78, 5) is 20.0. The van der Waals surface area contributed by atoms with Crippen molar-refractivity contribution in [2.24, 2.45) is 0 Å². The highest BCUT2D eigenvalue weighted by Crippen LogP contribution is 2.34. The molecule has 3 aromatic rings. The first-order chi connectivity index (χ1) is 9.60. The zero-order chi connectivity index (χ0) is 14.3. The standard InChI is InChI=1S/C14H15N5S/c1-7-8(2)20-14-11(7)13(15-4)18-12(19-14)10-5-6-16-9(3)17-10/h5-6H,1-4H3,(H,15,18,19). The summed E-state index contributed by atoms with van der Waals surface area (Å²) in [6.45, 7) is 6.07. The second-order valence-corrected chi connectivity index (χ2v) is 5.80. The van der Waals surface area contributed by atoms with Crippen LogP contribution in [-0.4, -0.2) is 27.0 Å². The number of aryl methyl sites for hydroxylation is 3. The van der Waals surface area contributed by atoms with Crippen molar-refractivity contribution in [3.05, 3.63) is 28.5 Å². The van der Waals surface area contributed by atoms with E-state index >= 15 is 0 Å². The Bertz CT molecular complexity index is 794. The van der Waals surface area contributed by atoms with Crippen LogP contribution in [0.15, 0.2) is 12.3 Å². The van der Waals surface area contributed by atoms with Gasteiger partial charge in [0.15, 0.2) is 5.82 Å². The summed E-state index contributed by atoms with van der Waals surface area (Å²) in [5, 5.41) is 4.26. The molecule has 0 saturated heterocycles. The van der Waals surface area contributed by atoms with Crippen molar-refractivity contribution in [1.29, 1.82) is 0 Å². The Balaban J connectivity index is 2.28. The lowest BCUT2D eigenvalue weighted by Crippen LogP contribution is -2.00. The number of rotatable bonds is 2. The van der Waals surface area contributed by atoms with E-state index in [4.69, 9.17) is 0 Å². The third kappa shape index (κ3) is 2.02. The third-order valence-corrected chi connectivity index (χ3v) is 4.37. The van der Waals surface area contributed by atoms with Gasteiger partial charge in [0.05, 0.1) is 5.39 Å². The third-order valence-electron chi connectivity index (χ3n) is 3.27. The number of hydrogen-bond donors (Lipinski definition) is 1. The fraction of sp³-hybridized carbons (Fsp3) is 0.286. The van der Waals surface area contributed by atoms with Gasteiger partial charge in [-0.15, -0.1) is 11.3 Å². The zero-order valence-corrected chi connectivity index (χ0v) is 12.7. The van der Waals surface area contributed by atoms with Crippen molar-refractivity contribution in [1.82, 2.24) is 19.9 Å². The Morgan fingerprint density at radius 1 is 1.10 bits per heavy atom. The average molecular weight is 285 g/mol. The van der Waals surface area contributed by atoms with Gasteiger partial charge >= 0.3 is 0 Å². The minimum Gasteiger partial charge on any atom is -0.372 e. The molecular weight excluding hydrogens is 270 g/mol. The van der Waals surface area contributed by atoms with E-state index in [1.165, 1.54) is 10.4 Å². The largest absolute Gasteiger partial charge is 0.372 e. The highest BCUT2D eigenvalue weighted by molar-refractivity contribution is 7.18. The number of anilines is 1. The first-order valence-corrected chi connectivity index (χ1v) is 7.17. The predicted octanol–water partition coefficient (Wildman–Crippen LogP) is 3.12. The molecule has 0 bridgehead atoms. The van der Waals surface area contributed by atoms with E-state index in [0.717, 1.165) is 27.6 Å². The Morgan fingerprint density at radius 2 is 1.90 bits per heavy atom. The van der Waals surface area contributed by atoms with Gasteiger partial charge in [-0.3, -0.25) is 0 Å². The highest BCUT2D eigenvalue weighted by Gasteiger charge is 2.15. The van der Waals surface area contributed by atoms with Crippen molar-refractivity contribution < 1.29 is 0 Å². The molecule has 0 atom stereocenters. The van der Waals surface area contributed by atoms with Gasteiger partial charge in [0.1, 0.15) is 22.2 Å². The van der Waals surface area contributed by atoms with Crippen molar-refractivity contribution in [2.75, 3.05) is 12.4 Å². The van der Waals surface area contributed by atoms with E-state index in [0.29, 0.717) is 5.82 Å². The van der Waals surface area contributed by atoms with Gasteiger partial charge in [-0.25, -0.2) is 19.9 Å². The van der Waals surface area contributed by atoms with Crippen LogP contribution < -0.4 is 5.32 Å². The van der Waals surface area contributed by atoms with Gasteiger partial charge < -0.3 is 5.32 Å².